The van der Waals surface area contributed by atoms with Gasteiger partial charge in [0.2, 0.25) is 0 Å². The van der Waals surface area contributed by atoms with Crippen LogP contribution < -0.4 is 11.1 Å². The first kappa shape index (κ1) is 10.7. The first-order valence-corrected chi connectivity index (χ1v) is 4.71. The van der Waals surface area contributed by atoms with E-state index in [4.69, 9.17) is 5.73 Å². The summed E-state index contributed by atoms with van der Waals surface area (Å²) in [6, 6.07) is 7.40. The van der Waals surface area contributed by atoms with Crippen molar-refractivity contribution in [3.63, 3.8) is 0 Å². The molecule has 0 fully saturated rings. The smallest absolute Gasteiger partial charge is 0.309 e. The van der Waals surface area contributed by atoms with Crippen molar-refractivity contribution in [3.8, 4) is 0 Å². The molecule has 0 aliphatic carbocycles. The molecular weight excluding hydrogens is 248 g/mol. The Bertz CT molecular complexity index is 366. The van der Waals surface area contributed by atoms with Gasteiger partial charge in [-0.05, 0) is 11.6 Å². The van der Waals surface area contributed by atoms with E-state index < -0.39 is 11.8 Å². The highest BCUT2D eigenvalue weighted by Gasteiger charge is 2.07. The molecule has 1 aromatic carbocycles. The summed E-state index contributed by atoms with van der Waals surface area (Å²) in [6.07, 6.45) is 0. The number of hydrogen-bond donors (Lipinski definition) is 2. The maximum atomic E-state index is 10.8. The summed E-state index contributed by atoms with van der Waals surface area (Å²) in [6.45, 7) is 0.281. The fraction of sp³-hybridized carbons (Fsp3) is 0.111. The Balaban J connectivity index is 2.58. The summed E-state index contributed by atoms with van der Waals surface area (Å²) in [4.78, 5) is 21.2. The molecule has 4 nitrogen and oxygen atoms in total. The number of carbonyl (C=O) groups excluding carboxylic acids is 2. The van der Waals surface area contributed by atoms with Gasteiger partial charge in [0.25, 0.3) is 0 Å². The zero-order valence-electron chi connectivity index (χ0n) is 7.29. The van der Waals surface area contributed by atoms with Crippen LogP contribution in [-0.4, -0.2) is 11.8 Å². The minimum absolute atomic E-state index is 0.281. The van der Waals surface area contributed by atoms with E-state index in [2.05, 4.69) is 21.2 Å². The minimum Gasteiger partial charge on any atom is -0.361 e. The van der Waals surface area contributed by atoms with Crippen LogP contribution in [0.25, 0.3) is 0 Å². The Morgan fingerprint density at radius 3 is 2.57 bits per heavy atom. The van der Waals surface area contributed by atoms with Crippen LogP contribution in [0.5, 0.6) is 0 Å². The molecular formula is C9H9BrN2O2. The molecule has 0 aliphatic heterocycles. The standard InChI is InChI=1S/C9H9BrN2O2/c10-7-4-2-1-3-6(7)5-12-9(14)8(11)13/h1-4H,5H2,(H2,11,13)(H,12,14). The van der Waals surface area contributed by atoms with Gasteiger partial charge in [-0.15, -0.1) is 0 Å². The highest BCUT2D eigenvalue weighted by atomic mass is 79.9. The lowest BCUT2D eigenvalue weighted by Crippen LogP contribution is -2.35. The van der Waals surface area contributed by atoms with Gasteiger partial charge in [0.05, 0.1) is 0 Å². The van der Waals surface area contributed by atoms with Crippen molar-refractivity contribution in [2.24, 2.45) is 5.73 Å². The lowest BCUT2D eigenvalue weighted by molar-refractivity contribution is -0.137. The molecule has 0 saturated carbocycles. The quantitative estimate of drug-likeness (QED) is 0.759. The number of hydrogen-bond acceptors (Lipinski definition) is 2. The van der Waals surface area contributed by atoms with Gasteiger partial charge in [-0.3, -0.25) is 9.59 Å². The highest BCUT2D eigenvalue weighted by molar-refractivity contribution is 9.10. The van der Waals surface area contributed by atoms with E-state index in [1.54, 1.807) is 0 Å². The lowest BCUT2D eigenvalue weighted by atomic mass is 10.2. The molecule has 0 radical (unpaired) electrons. The van der Waals surface area contributed by atoms with Crippen molar-refractivity contribution >= 4 is 27.7 Å². The van der Waals surface area contributed by atoms with E-state index in [9.17, 15) is 9.59 Å². The Morgan fingerprint density at radius 2 is 2.00 bits per heavy atom. The minimum atomic E-state index is -0.975. The third-order valence-electron chi connectivity index (χ3n) is 1.62. The molecule has 0 aromatic heterocycles. The number of carbonyl (C=O) groups is 2. The summed E-state index contributed by atoms with van der Waals surface area (Å²) in [5.74, 6) is -1.75. The summed E-state index contributed by atoms with van der Waals surface area (Å²) in [5.41, 5.74) is 5.67. The third kappa shape index (κ3) is 2.85. The number of amides is 2. The second-order valence-electron chi connectivity index (χ2n) is 2.64. The van der Waals surface area contributed by atoms with E-state index >= 15 is 0 Å². The van der Waals surface area contributed by atoms with Gasteiger partial charge in [-0.25, -0.2) is 0 Å². The second kappa shape index (κ2) is 4.76. The van der Waals surface area contributed by atoms with Gasteiger partial charge in [0.15, 0.2) is 0 Å². The average molecular weight is 257 g/mol. The van der Waals surface area contributed by atoms with Crippen LogP contribution >= 0.6 is 15.9 Å². The lowest BCUT2D eigenvalue weighted by Gasteiger charge is -2.04. The van der Waals surface area contributed by atoms with E-state index in [0.717, 1.165) is 10.0 Å². The predicted octanol–water partition coefficient (Wildman–Crippen LogP) is 0.551. The molecule has 74 valence electrons. The molecule has 1 aromatic rings. The Kier molecular flexibility index (Phi) is 3.64. The van der Waals surface area contributed by atoms with Gasteiger partial charge in [0.1, 0.15) is 0 Å². The van der Waals surface area contributed by atoms with Crippen LogP contribution in [0, 0.1) is 0 Å². The van der Waals surface area contributed by atoms with Gasteiger partial charge >= 0.3 is 11.8 Å². The van der Waals surface area contributed by atoms with Crippen LogP contribution in [0.4, 0.5) is 0 Å². The molecule has 0 saturated heterocycles. The molecule has 0 spiro atoms. The molecule has 0 heterocycles. The van der Waals surface area contributed by atoms with Crippen molar-refractivity contribution < 1.29 is 9.59 Å². The monoisotopic (exact) mass is 256 g/mol. The molecule has 5 heteroatoms. The Hall–Kier alpha value is -1.36. The first-order valence-electron chi connectivity index (χ1n) is 3.92. The molecule has 0 bridgehead atoms. The Morgan fingerprint density at radius 1 is 1.36 bits per heavy atom. The van der Waals surface area contributed by atoms with E-state index in [-0.39, 0.29) is 6.54 Å². The maximum Gasteiger partial charge on any atom is 0.309 e. The van der Waals surface area contributed by atoms with Crippen LogP contribution in [0.3, 0.4) is 0 Å². The molecule has 1 rings (SSSR count). The number of rotatable bonds is 2. The number of nitrogens with one attached hydrogen (secondary N) is 1. The predicted molar refractivity (Wildman–Crippen MR) is 55.2 cm³/mol. The van der Waals surface area contributed by atoms with Crippen molar-refractivity contribution in [2.45, 2.75) is 6.54 Å². The van der Waals surface area contributed by atoms with E-state index in [1.165, 1.54) is 0 Å². The zero-order chi connectivity index (χ0) is 10.6. The molecule has 3 N–H and O–H groups in total. The van der Waals surface area contributed by atoms with E-state index in [0.29, 0.717) is 0 Å². The number of benzene rings is 1. The van der Waals surface area contributed by atoms with Crippen molar-refractivity contribution in [1.82, 2.24) is 5.32 Å². The topological polar surface area (TPSA) is 72.2 Å². The van der Waals surface area contributed by atoms with Crippen LogP contribution in [0.2, 0.25) is 0 Å². The van der Waals surface area contributed by atoms with Crippen molar-refractivity contribution in [2.75, 3.05) is 0 Å². The summed E-state index contributed by atoms with van der Waals surface area (Å²) >= 11 is 3.32. The maximum absolute atomic E-state index is 10.8. The van der Waals surface area contributed by atoms with Crippen LogP contribution in [-0.2, 0) is 16.1 Å². The SMILES string of the molecule is NC(=O)C(=O)NCc1ccccc1Br. The number of nitrogens with two attached hydrogens (primary N) is 1. The summed E-state index contributed by atoms with van der Waals surface area (Å²) in [5, 5.41) is 2.40. The summed E-state index contributed by atoms with van der Waals surface area (Å²) < 4.78 is 0.879. The highest BCUT2D eigenvalue weighted by Crippen LogP contribution is 2.14. The molecule has 0 aliphatic rings. The van der Waals surface area contributed by atoms with Crippen LogP contribution in [0.1, 0.15) is 5.56 Å². The van der Waals surface area contributed by atoms with Crippen molar-refractivity contribution in [1.29, 1.82) is 0 Å². The molecule has 0 unspecified atom stereocenters. The largest absolute Gasteiger partial charge is 0.361 e. The fourth-order valence-electron chi connectivity index (χ4n) is 0.904. The molecule has 14 heavy (non-hydrogen) atoms. The van der Waals surface area contributed by atoms with Crippen LogP contribution in [0.15, 0.2) is 28.7 Å². The number of halogens is 1. The van der Waals surface area contributed by atoms with E-state index in [1.807, 2.05) is 24.3 Å². The van der Waals surface area contributed by atoms with Gasteiger partial charge in [0, 0.05) is 11.0 Å². The van der Waals surface area contributed by atoms with Crippen molar-refractivity contribution in [3.05, 3.63) is 34.3 Å². The third-order valence-corrected chi connectivity index (χ3v) is 2.39. The zero-order valence-corrected chi connectivity index (χ0v) is 8.87. The Labute approximate surface area is 89.6 Å². The van der Waals surface area contributed by atoms with Gasteiger partial charge in [-0.2, -0.15) is 0 Å². The normalized spacial score (nSPS) is 9.50. The second-order valence-corrected chi connectivity index (χ2v) is 3.49. The van der Waals surface area contributed by atoms with Gasteiger partial charge in [-0.1, -0.05) is 34.1 Å². The molecule has 0 atom stereocenters. The fourth-order valence-corrected chi connectivity index (χ4v) is 1.33. The average Bonchev–Trinajstić information content (AvgIpc) is 2.16. The number of primary amides is 1. The summed E-state index contributed by atoms with van der Waals surface area (Å²) in [7, 11) is 0. The first-order chi connectivity index (χ1) is 6.61. The van der Waals surface area contributed by atoms with Gasteiger partial charge < -0.3 is 11.1 Å². The molecule has 2 amide bonds.